The maximum absolute atomic E-state index is 10.4. The smallest absolute Gasteiger partial charge is 0.305 e. The Balaban J connectivity index is 2.63. The van der Waals surface area contributed by atoms with Crippen molar-refractivity contribution < 1.29 is 9.90 Å². The number of aliphatic carboxylic acids is 1. The number of aromatic nitrogens is 2. The Labute approximate surface area is 70.9 Å². The number of hydrogen-bond donors (Lipinski definition) is 1. The van der Waals surface area contributed by atoms with Gasteiger partial charge >= 0.3 is 5.97 Å². The number of carboxylic acids is 1. The van der Waals surface area contributed by atoms with Crippen molar-refractivity contribution in [3.05, 3.63) is 18.7 Å². The molecule has 0 bridgehead atoms. The van der Waals surface area contributed by atoms with Gasteiger partial charge in [0, 0.05) is 18.4 Å². The molecule has 0 aliphatic heterocycles. The fraction of sp³-hybridized carbons (Fsp3) is 0.500. The van der Waals surface area contributed by atoms with Crippen LogP contribution in [0.1, 0.15) is 25.8 Å². The maximum Gasteiger partial charge on any atom is 0.305 e. The highest BCUT2D eigenvalue weighted by Crippen LogP contribution is 2.14. The van der Waals surface area contributed by atoms with E-state index in [0.717, 1.165) is 6.42 Å². The fourth-order valence-electron chi connectivity index (χ4n) is 1.15. The summed E-state index contributed by atoms with van der Waals surface area (Å²) >= 11 is 0. The molecule has 0 saturated carbocycles. The molecule has 1 atom stereocenters. The van der Waals surface area contributed by atoms with Gasteiger partial charge in [-0.3, -0.25) is 4.79 Å². The largest absolute Gasteiger partial charge is 0.481 e. The van der Waals surface area contributed by atoms with E-state index in [2.05, 4.69) is 4.98 Å². The van der Waals surface area contributed by atoms with E-state index >= 15 is 0 Å². The molecule has 0 saturated heterocycles. The molecule has 0 amide bonds. The zero-order valence-electron chi connectivity index (χ0n) is 6.97. The van der Waals surface area contributed by atoms with Gasteiger partial charge in [-0.15, -0.1) is 0 Å². The summed E-state index contributed by atoms with van der Waals surface area (Å²) in [7, 11) is 0. The average molecular weight is 168 g/mol. The second-order valence-corrected chi connectivity index (χ2v) is 2.67. The van der Waals surface area contributed by atoms with E-state index in [0.29, 0.717) is 0 Å². The molecule has 1 rings (SSSR count). The van der Waals surface area contributed by atoms with E-state index < -0.39 is 5.97 Å². The summed E-state index contributed by atoms with van der Waals surface area (Å²) in [6, 6.07) is 0.0324. The Bertz CT molecular complexity index is 244. The summed E-state index contributed by atoms with van der Waals surface area (Å²) in [4.78, 5) is 14.3. The number of hydrogen-bond acceptors (Lipinski definition) is 2. The van der Waals surface area contributed by atoms with Crippen LogP contribution in [0.5, 0.6) is 0 Å². The lowest BCUT2D eigenvalue weighted by molar-refractivity contribution is -0.137. The minimum atomic E-state index is -0.768. The predicted molar refractivity (Wildman–Crippen MR) is 43.8 cm³/mol. The fourth-order valence-corrected chi connectivity index (χ4v) is 1.15. The molecule has 1 N–H and O–H groups in total. The van der Waals surface area contributed by atoms with E-state index in [1.54, 1.807) is 18.7 Å². The van der Waals surface area contributed by atoms with Gasteiger partial charge < -0.3 is 9.67 Å². The first kappa shape index (κ1) is 8.77. The summed E-state index contributed by atoms with van der Waals surface area (Å²) in [6.45, 7) is 1.97. The molecule has 66 valence electrons. The molecule has 0 spiro atoms. The van der Waals surface area contributed by atoms with Crippen LogP contribution in [-0.2, 0) is 4.79 Å². The van der Waals surface area contributed by atoms with E-state index in [1.807, 2.05) is 11.5 Å². The SMILES string of the molecule is CCC(CC(=O)O)n1ccnc1. The highest BCUT2D eigenvalue weighted by atomic mass is 16.4. The second-order valence-electron chi connectivity index (χ2n) is 2.67. The highest BCUT2D eigenvalue weighted by Gasteiger charge is 2.11. The Morgan fingerprint density at radius 1 is 1.75 bits per heavy atom. The van der Waals surface area contributed by atoms with Crippen LogP contribution in [0, 0.1) is 0 Å². The van der Waals surface area contributed by atoms with Crippen LogP contribution in [-0.4, -0.2) is 20.6 Å². The zero-order valence-corrected chi connectivity index (χ0v) is 6.97. The number of imidazole rings is 1. The number of nitrogens with zero attached hydrogens (tertiary/aromatic N) is 2. The number of carboxylic acid groups (broad SMARTS) is 1. The third kappa shape index (κ3) is 2.08. The molecule has 4 nitrogen and oxygen atoms in total. The minimum absolute atomic E-state index is 0.0324. The molecule has 0 aromatic carbocycles. The monoisotopic (exact) mass is 168 g/mol. The molecule has 1 heterocycles. The van der Waals surface area contributed by atoms with Gasteiger partial charge in [-0.2, -0.15) is 0 Å². The standard InChI is InChI=1S/C8H12N2O2/c1-2-7(5-8(11)12)10-4-3-9-6-10/h3-4,6-7H,2,5H2,1H3,(H,11,12). The Kier molecular flexibility index (Phi) is 2.85. The van der Waals surface area contributed by atoms with Crippen molar-refractivity contribution >= 4 is 5.97 Å². The Morgan fingerprint density at radius 2 is 2.50 bits per heavy atom. The van der Waals surface area contributed by atoms with Gasteiger partial charge in [0.1, 0.15) is 0 Å². The van der Waals surface area contributed by atoms with Gasteiger partial charge in [0.2, 0.25) is 0 Å². The van der Waals surface area contributed by atoms with Gasteiger partial charge in [-0.25, -0.2) is 4.98 Å². The van der Waals surface area contributed by atoms with Crippen LogP contribution in [0.3, 0.4) is 0 Å². The van der Waals surface area contributed by atoms with Gasteiger partial charge in [0.25, 0.3) is 0 Å². The molecule has 12 heavy (non-hydrogen) atoms. The normalized spacial score (nSPS) is 12.8. The van der Waals surface area contributed by atoms with Crippen LogP contribution in [0.25, 0.3) is 0 Å². The summed E-state index contributed by atoms with van der Waals surface area (Å²) in [5, 5.41) is 8.58. The van der Waals surface area contributed by atoms with Crippen LogP contribution >= 0.6 is 0 Å². The van der Waals surface area contributed by atoms with Gasteiger partial charge in [0.15, 0.2) is 0 Å². The minimum Gasteiger partial charge on any atom is -0.481 e. The van der Waals surface area contributed by atoms with E-state index in [1.165, 1.54) is 0 Å². The summed E-state index contributed by atoms with van der Waals surface area (Å²) in [5.41, 5.74) is 0. The van der Waals surface area contributed by atoms with Crippen molar-refractivity contribution in [2.45, 2.75) is 25.8 Å². The Morgan fingerprint density at radius 3 is 2.92 bits per heavy atom. The van der Waals surface area contributed by atoms with Crippen molar-refractivity contribution in [3.63, 3.8) is 0 Å². The molecular formula is C8H12N2O2. The quantitative estimate of drug-likeness (QED) is 0.737. The topological polar surface area (TPSA) is 55.1 Å². The number of carbonyl (C=O) groups is 1. The molecule has 0 radical (unpaired) electrons. The van der Waals surface area contributed by atoms with Crippen LogP contribution < -0.4 is 0 Å². The van der Waals surface area contributed by atoms with Gasteiger partial charge in [-0.05, 0) is 6.42 Å². The molecule has 1 aromatic rings. The third-order valence-electron chi connectivity index (χ3n) is 1.83. The van der Waals surface area contributed by atoms with Crippen molar-refractivity contribution in [2.75, 3.05) is 0 Å². The zero-order chi connectivity index (χ0) is 8.97. The van der Waals surface area contributed by atoms with Gasteiger partial charge in [-0.1, -0.05) is 6.92 Å². The lowest BCUT2D eigenvalue weighted by Crippen LogP contribution is -2.11. The highest BCUT2D eigenvalue weighted by molar-refractivity contribution is 5.67. The molecule has 1 aromatic heterocycles. The molecular weight excluding hydrogens is 156 g/mol. The molecule has 0 aliphatic carbocycles. The molecule has 1 unspecified atom stereocenters. The van der Waals surface area contributed by atoms with Crippen LogP contribution in [0.4, 0.5) is 0 Å². The van der Waals surface area contributed by atoms with Crippen molar-refractivity contribution in [3.8, 4) is 0 Å². The predicted octanol–water partition coefficient (Wildman–Crippen LogP) is 1.31. The average Bonchev–Trinajstić information content (AvgIpc) is 2.51. The lowest BCUT2D eigenvalue weighted by atomic mass is 10.1. The summed E-state index contributed by atoms with van der Waals surface area (Å²) in [6.07, 6.45) is 6.06. The summed E-state index contributed by atoms with van der Waals surface area (Å²) in [5.74, 6) is -0.768. The van der Waals surface area contributed by atoms with Crippen LogP contribution in [0.2, 0.25) is 0 Å². The first-order chi connectivity index (χ1) is 5.74. The third-order valence-corrected chi connectivity index (χ3v) is 1.83. The van der Waals surface area contributed by atoms with Crippen LogP contribution in [0.15, 0.2) is 18.7 Å². The van der Waals surface area contributed by atoms with Crippen molar-refractivity contribution in [1.82, 2.24) is 9.55 Å². The first-order valence-electron chi connectivity index (χ1n) is 3.93. The first-order valence-corrected chi connectivity index (χ1v) is 3.93. The Hall–Kier alpha value is -1.32. The van der Waals surface area contributed by atoms with Crippen molar-refractivity contribution in [1.29, 1.82) is 0 Å². The molecule has 0 aliphatic rings. The van der Waals surface area contributed by atoms with E-state index in [-0.39, 0.29) is 12.5 Å². The molecule has 4 heteroatoms. The van der Waals surface area contributed by atoms with Crippen molar-refractivity contribution in [2.24, 2.45) is 0 Å². The maximum atomic E-state index is 10.4. The van der Waals surface area contributed by atoms with Gasteiger partial charge in [0.05, 0.1) is 12.7 Å². The summed E-state index contributed by atoms with van der Waals surface area (Å²) < 4.78 is 1.83. The number of rotatable bonds is 4. The second kappa shape index (κ2) is 3.90. The van der Waals surface area contributed by atoms with E-state index in [4.69, 9.17) is 5.11 Å². The molecule has 0 fully saturated rings. The van der Waals surface area contributed by atoms with E-state index in [9.17, 15) is 4.79 Å². The lowest BCUT2D eigenvalue weighted by Gasteiger charge is -2.12.